The van der Waals surface area contributed by atoms with Gasteiger partial charge in [0, 0.05) is 7.05 Å². The average Bonchev–Trinajstić information content (AvgIpc) is 3.64. The van der Waals surface area contributed by atoms with Crippen LogP contribution in [0.25, 0.3) is 28.0 Å². The number of aryl methyl sites for hydroxylation is 1. The molecule has 2 aliphatic carbocycles. The SMILES string of the molecule is CC.Cn1c(C2=CCC3(CCNCC3)CC2)c(-c2ncc(OC3CC3)cn2)c2c(N)ncnc21. The van der Waals surface area contributed by atoms with Crippen molar-refractivity contribution in [3.05, 3.63) is 30.5 Å². The minimum absolute atomic E-state index is 0.316. The zero-order chi connectivity index (χ0) is 23.7. The summed E-state index contributed by atoms with van der Waals surface area (Å²) in [5.74, 6) is 1.81. The molecule has 8 nitrogen and oxygen atoms in total. The maximum Gasteiger partial charge on any atom is 0.162 e. The third-order valence-electron chi connectivity index (χ3n) is 7.35. The first-order valence-electron chi connectivity index (χ1n) is 12.6. The third-order valence-corrected chi connectivity index (χ3v) is 7.35. The van der Waals surface area contributed by atoms with Gasteiger partial charge in [0.15, 0.2) is 11.6 Å². The Morgan fingerprint density at radius 2 is 1.79 bits per heavy atom. The molecule has 0 bridgehead atoms. The smallest absolute Gasteiger partial charge is 0.162 e. The molecule has 3 aromatic rings. The lowest BCUT2D eigenvalue weighted by atomic mass is 9.68. The second-order valence-corrected chi connectivity index (χ2v) is 9.48. The van der Waals surface area contributed by atoms with Crippen molar-refractivity contribution in [1.29, 1.82) is 0 Å². The van der Waals surface area contributed by atoms with E-state index >= 15 is 0 Å². The fraction of sp³-hybridized carbons (Fsp3) is 0.538. The van der Waals surface area contributed by atoms with Gasteiger partial charge in [-0.1, -0.05) is 19.9 Å². The molecule has 0 radical (unpaired) electrons. The molecule has 34 heavy (non-hydrogen) atoms. The van der Waals surface area contributed by atoms with Gasteiger partial charge >= 0.3 is 0 Å². The summed E-state index contributed by atoms with van der Waals surface area (Å²) in [6.45, 7) is 6.25. The van der Waals surface area contributed by atoms with Crippen molar-refractivity contribution in [1.82, 2.24) is 29.8 Å². The molecule has 0 unspecified atom stereocenters. The molecule has 3 aliphatic rings. The highest BCUT2D eigenvalue weighted by Crippen LogP contribution is 2.47. The molecule has 8 heteroatoms. The van der Waals surface area contributed by atoms with Crippen molar-refractivity contribution in [2.24, 2.45) is 12.5 Å². The van der Waals surface area contributed by atoms with Crippen LogP contribution in [0.4, 0.5) is 5.82 Å². The van der Waals surface area contributed by atoms with Crippen molar-refractivity contribution in [2.45, 2.75) is 64.9 Å². The fourth-order valence-corrected chi connectivity index (χ4v) is 5.32. The molecule has 0 aromatic carbocycles. The van der Waals surface area contributed by atoms with Crippen molar-refractivity contribution in [3.8, 4) is 17.1 Å². The lowest BCUT2D eigenvalue weighted by molar-refractivity contribution is 0.184. The van der Waals surface area contributed by atoms with E-state index in [2.05, 4.69) is 35.9 Å². The van der Waals surface area contributed by atoms with Crippen LogP contribution < -0.4 is 15.8 Å². The quantitative estimate of drug-likeness (QED) is 0.589. The second kappa shape index (κ2) is 9.33. The summed E-state index contributed by atoms with van der Waals surface area (Å²) in [4.78, 5) is 18.2. The standard InChI is InChI=1S/C24H29N7O.C2H6/c1-31-20(15-4-6-24(7-5-15)8-10-26-11-9-24)18(19-21(25)29-14-30-23(19)31)22-27-12-17(13-28-22)32-16-2-3-16;1-2/h4,12-14,16,26H,2-3,5-11H2,1H3,(H2,25,29,30);1-2H3. The zero-order valence-electron chi connectivity index (χ0n) is 20.5. The lowest BCUT2D eigenvalue weighted by Gasteiger charge is -2.40. The Morgan fingerprint density at radius 1 is 1.06 bits per heavy atom. The number of nitrogens with zero attached hydrogens (tertiary/aromatic N) is 5. The Balaban J connectivity index is 0.00000117. The summed E-state index contributed by atoms with van der Waals surface area (Å²) in [6.07, 6.45) is 15.9. The number of hydrogen-bond acceptors (Lipinski definition) is 7. The van der Waals surface area contributed by atoms with Crippen LogP contribution in [0.15, 0.2) is 24.8 Å². The highest BCUT2D eigenvalue weighted by atomic mass is 16.5. The molecule has 180 valence electrons. The minimum Gasteiger partial charge on any atom is -0.487 e. The van der Waals surface area contributed by atoms with Crippen LogP contribution >= 0.6 is 0 Å². The zero-order valence-corrected chi connectivity index (χ0v) is 20.5. The highest BCUT2D eigenvalue weighted by Gasteiger charge is 2.35. The molecule has 3 N–H and O–H groups in total. The van der Waals surface area contributed by atoms with Crippen LogP contribution in [-0.2, 0) is 7.05 Å². The Labute approximate surface area is 201 Å². The molecule has 3 aromatic heterocycles. The number of piperidine rings is 1. The van der Waals surface area contributed by atoms with Gasteiger partial charge < -0.3 is 20.4 Å². The van der Waals surface area contributed by atoms with Gasteiger partial charge in [0.1, 0.15) is 17.8 Å². The predicted octanol–water partition coefficient (Wildman–Crippen LogP) is 4.51. The molecular formula is C26H35N7O. The Kier molecular flexibility index (Phi) is 6.25. The van der Waals surface area contributed by atoms with Gasteiger partial charge in [-0.3, -0.25) is 0 Å². The number of ether oxygens (including phenoxy) is 1. The molecular weight excluding hydrogens is 426 g/mol. The van der Waals surface area contributed by atoms with Crippen molar-refractivity contribution >= 4 is 22.4 Å². The molecule has 1 saturated carbocycles. The first-order valence-corrected chi connectivity index (χ1v) is 12.6. The summed E-state index contributed by atoms with van der Waals surface area (Å²) in [6, 6.07) is 0. The Morgan fingerprint density at radius 3 is 2.44 bits per heavy atom. The van der Waals surface area contributed by atoms with E-state index in [1.165, 1.54) is 31.2 Å². The molecule has 4 heterocycles. The van der Waals surface area contributed by atoms with Crippen molar-refractivity contribution in [2.75, 3.05) is 18.8 Å². The number of nitrogens with two attached hydrogens (primary N) is 1. The van der Waals surface area contributed by atoms with E-state index in [9.17, 15) is 0 Å². The van der Waals surface area contributed by atoms with Crippen LogP contribution in [0.3, 0.4) is 0 Å². The van der Waals surface area contributed by atoms with E-state index in [1.54, 1.807) is 12.4 Å². The summed E-state index contributed by atoms with van der Waals surface area (Å²) in [5.41, 5.74) is 11.0. The maximum atomic E-state index is 6.35. The Hall–Kier alpha value is -3.00. The molecule has 6 rings (SSSR count). The summed E-state index contributed by atoms with van der Waals surface area (Å²) in [5, 5.41) is 4.33. The fourth-order valence-electron chi connectivity index (χ4n) is 5.32. The molecule has 0 amide bonds. The number of fused-ring (bicyclic) bond motifs is 1. The van der Waals surface area contributed by atoms with E-state index in [0.717, 1.165) is 61.1 Å². The number of rotatable bonds is 4. The van der Waals surface area contributed by atoms with Crippen LogP contribution in [0.2, 0.25) is 0 Å². The topological polar surface area (TPSA) is 104 Å². The van der Waals surface area contributed by atoms with Gasteiger partial charge in [-0.15, -0.1) is 0 Å². The van der Waals surface area contributed by atoms with E-state index in [1.807, 2.05) is 20.9 Å². The first kappa shape index (κ1) is 22.8. The number of aromatic nitrogens is 5. The highest BCUT2D eigenvalue weighted by molar-refractivity contribution is 6.04. The largest absolute Gasteiger partial charge is 0.487 e. The number of hydrogen-bond donors (Lipinski definition) is 2. The van der Waals surface area contributed by atoms with Crippen LogP contribution in [0, 0.1) is 5.41 Å². The monoisotopic (exact) mass is 461 g/mol. The van der Waals surface area contributed by atoms with E-state index in [0.29, 0.717) is 28.9 Å². The predicted molar refractivity (Wildman–Crippen MR) is 135 cm³/mol. The normalized spacial score (nSPS) is 19.4. The van der Waals surface area contributed by atoms with Crippen LogP contribution in [0.5, 0.6) is 5.75 Å². The van der Waals surface area contributed by atoms with Gasteiger partial charge in [-0.05, 0) is 69.0 Å². The van der Waals surface area contributed by atoms with Gasteiger partial charge in [0.2, 0.25) is 0 Å². The van der Waals surface area contributed by atoms with Gasteiger partial charge in [0.05, 0.1) is 35.1 Å². The van der Waals surface area contributed by atoms with Gasteiger partial charge in [0.25, 0.3) is 0 Å². The number of nitrogen functional groups attached to an aromatic ring is 1. The van der Waals surface area contributed by atoms with Crippen molar-refractivity contribution < 1.29 is 4.74 Å². The Bertz CT molecular complexity index is 1190. The lowest BCUT2D eigenvalue weighted by Crippen LogP contribution is -2.37. The molecule has 1 aliphatic heterocycles. The average molecular weight is 462 g/mol. The van der Waals surface area contributed by atoms with E-state index < -0.39 is 0 Å². The summed E-state index contributed by atoms with van der Waals surface area (Å²) in [7, 11) is 2.05. The molecule has 1 spiro atoms. The second-order valence-electron chi connectivity index (χ2n) is 9.48. The first-order chi connectivity index (χ1) is 16.6. The minimum atomic E-state index is 0.316. The summed E-state index contributed by atoms with van der Waals surface area (Å²) < 4.78 is 7.98. The molecule has 1 saturated heterocycles. The van der Waals surface area contributed by atoms with Crippen LogP contribution in [-0.4, -0.2) is 43.7 Å². The third kappa shape index (κ3) is 4.15. The van der Waals surface area contributed by atoms with E-state index in [4.69, 9.17) is 10.5 Å². The van der Waals surface area contributed by atoms with Gasteiger partial charge in [-0.2, -0.15) is 0 Å². The summed E-state index contributed by atoms with van der Waals surface area (Å²) >= 11 is 0. The number of allylic oxidation sites excluding steroid dienone is 2. The number of nitrogens with one attached hydrogen (secondary N) is 1. The molecule has 0 atom stereocenters. The molecule has 2 fully saturated rings. The van der Waals surface area contributed by atoms with Crippen molar-refractivity contribution in [3.63, 3.8) is 0 Å². The van der Waals surface area contributed by atoms with E-state index in [-0.39, 0.29) is 0 Å². The van der Waals surface area contributed by atoms with Gasteiger partial charge in [-0.25, -0.2) is 19.9 Å². The number of anilines is 1. The maximum absolute atomic E-state index is 6.35. The van der Waals surface area contributed by atoms with Crippen LogP contribution in [0.1, 0.15) is 64.5 Å².